The molecular formula is C17H26N4O2. The van der Waals surface area contributed by atoms with Crippen LogP contribution in [0.4, 0.5) is 0 Å². The van der Waals surface area contributed by atoms with Gasteiger partial charge in [-0.25, -0.2) is 0 Å². The van der Waals surface area contributed by atoms with Crippen LogP contribution in [0.3, 0.4) is 0 Å². The van der Waals surface area contributed by atoms with E-state index < -0.39 is 0 Å². The van der Waals surface area contributed by atoms with E-state index in [0.29, 0.717) is 12.0 Å². The molecular weight excluding hydrogens is 292 g/mol. The molecule has 1 aliphatic carbocycles. The van der Waals surface area contributed by atoms with Gasteiger partial charge >= 0.3 is 0 Å². The van der Waals surface area contributed by atoms with Crippen LogP contribution in [-0.2, 0) is 23.1 Å². The third-order valence-corrected chi connectivity index (χ3v) is 5.62. The van der Waals surface area contributed by atoms with Crippen molar-refractivity contribution in [2.75, 3.05) is 19.7 Å². The molecule has 1 amide bonds. The van der Waals surface area contributed by atoms with Gasteiger partial charge in [0.25, 0.3) is 0 Å². The third-order valence-electron chi connectivity index (χ3n) is 5.62. The van der Waals surface area contributed by atoms with Gasteiger partial charge in [-0.15, -0.1) is 0 Å². The van der Waals surface area contributed by atoms with E-state index in [-0.39, 0.29) is 17.9 Å². The number of likely N-dealkylation sites (tertiary alicyclic amines) is 1. The summed E-state index contributed by atoms with van der Waals surface area (Å²) in [6.07, 6.45) is 8.71. The number of carbonyl (C=O) groups excluding carboxylic acids is 1. The van der Waals surface area contributed by atoms with Gasteiger partial charge in [-0.1, -0.05) is 0 Å². The Balaban J connectivity index is 1.44. The van der Waals surface area contributed by atoms with Crippen molar-refractivity contribution in [3.05, 3.63) is 18.0 Å². The first-order valence-corrected chi connectivity index (χ1v) is 8.81. The van der Waals surface area contributed by atoms with E-state index in [0.717, 1.165) is 45.5 Å². The minimum atomic E-state index is 0.0634. The largest absolute Gasteiger partial charge is 0.377 e. The molecule has 0 aromatic carbocycles. The first-order chi connectivity index (χ1) is 11.2. The highest BCUT2D eigenvalue weighted by Gasteiger charge is 2.44. The molecule has 23 heavy (non-hydrogen) atoms. The lowest BCUT2D eigenvalue weighted by atomic mass is 9.81. The summed E-state index contributed by atoms with van der Waals surface area (Å²) in [6, 6.07) is 0.414. The highest BCUT2D eigenvalue weighted by molar-refractivity contribution is 5.80. The normalized spacial score (nSPS) is 31.6. The van der Waals surface area contributed by atoms with Gasteiger partial charge in [-0.2, -0.15) is 5.10 Å². The number of nitrogens with zero attached hydrogens (tertiary/aromatic N) is 3. The Kier molecular flexibility index (Phi) is 4.11. The average molecular weight is 318 g/mol. The second kappa shape index (κ2) is 6.24. The predicted molar refractivity (Wildman–Crippen MR) is 85.6 cm³/mol. The molecule has 3 aliphatic rings. The average Bonchev–Trinajstić information content (AvgIpc) is 3.10. The third kappa shape index (κ3) is 3.15. The number of nitrogens with one attached hydrogen (secondary N) is 1. The quantitative estimate of drug-likeness (QED) is 0.897. The van der Waals surface area contributed by atoms with Crippen molar-refractivity contribution in [1.82, 2.24) is 20.0 Å². The maximum absolute atomic E-state index is 12.7. The molecule has 0 radical (unpaired) electrons. The zero-order valence-electron chi connectivity index (χ0n) is 13.8. The fourth-order valence-corrected chi connectivity index (χ4v) is 4.13. The Hall–Kier alpha value is -1.40. The topological polar surface area (TPSA) is 59.4 Å². The van der Waals surface area contributed by atoms with Crippen LogP contribution in [0.2, 0.25) is 0 Å². The van der Waals surface area contributed by atoms with E-state index in [4.69, 9.17) is 4.74 Å². The lowest BCUT2D eigenvalue weighted by Crippen LogP contribution is -2.54. The molecule has 3 heterocycles. The highest BCUT2D eigenvalue weighted by Crippen LogP contribution is 2.35. The number of carbonyl (C=O) groups is 1. The molecule has 1 N–H and O–H groups in total. The maximum atomic E-state index is 12.7. The van der Waals surface area contributed by atoms with Gasteiger partial charge in [-0.3, -0.25) is 14.4 Å². The zero-order valence-corrected chi connectivity index (χ0v) is 13.8. The van der Waals surface area contributed by atoms with E-state index in [1.807, 2.05) is 24.1 Å². The number of hydrogen-bond acceptors (Lipinski definition) is 4. The standard InChI is InChI=1S/C17H26N4O2/c1-20-8-12(7-18-20)9-21-10-15(14-5-6-23-16(14)11-21)17(22)19-13-3-2-4-13/h7-8,13-16H,2-6,9-11H2,1H3,(H,19,22)/t14-,15+,16+/m0/s1. The fourth-order valence-electron chi connectivity index (χ4n) is 4.13. The van der Waals surface area contributed by atoms with E-state index >= 15 is 0 Å². The predicted octanol–water partition coefficient (Wildman–Crippen LogP) is 0.926. The minimum absolute atomic E-state index is 0.0634. The summed E-state index contributed by atoms with van der Waals surface area (Å²) >= 11 is 0. The number of aromatic nitrogens is 2. The molecule has 126 valence electrons. The Labute approximate surface area is 137 Å². The van der Waals surface area contributed by atoms with E-state index in [1.165, 1.54) is 12.0 Å². The van der Waals surface area contributed by atoms with E-state index in [9.17, 15) is 4.79 Å². The van der Waals surface area contributed by atoms with E-state index in [1.54, 1.807) is 0 Å². The Morgan fingerprint density at radius 1 is 1.39 bits per heavy atom. The van der Waals surface area contributed by atoms with Gasteiger partial charge in [0.05, 0.1) is 18.2 Å². The first-order valence-electron chi connectivity index (χ1n) is 8.81. The van der Waals surface area contributed by atoms with Crippen LogP contribution < -0.4 is 5.32 Å². The Morgan fingerprint density at radius 2 is 2.26 bits per heavy atom. The van der Waals surface area contributed by atoms with Gasteiger partial charge in [0.2, 0.25) is 5.91 Å². The van der Waals surface area contributed by atoms with Crippen molar-refractivity contribution in [1.29, 1.82) is 0 Å². The highest BCUT2D eigenvalue weighted by atomic mass is 16.5. The molecule has 3 atom stereocenters. The van der Waals surface area contributed by atoms with Crippen LogP contribution in [0.15, 0.2) is 12.4 Å². The lowest BCUT2D eigenvalue weighted by molar-refractivity contribution is -0.132. The molecule has 0 unspecified atom stereocenters. The number of piperidine rings is 1. The number of rotatable bonds is 4. The van der Waals surface area contributed by atoms with Crippen molar-refractivity contribution in [3.63, 3.8) is 0 Å². The Morgan fingerprint density at radius 3 is 2.96 bits per heavy atom. The summed E-state index contributed by atoms with van der Waals surface area (Å²) in [5, 5.41) is 7.49. The molecule has 1 saturated carbocycles. The smallest absolute Gasteiger partial charge is 0.225 e. The number of aryl methyl sites for hydroxylation is 1. The number of hydrogen-bond donors (Lipinski definition) is 1. The molecule has 4 rings (SSSR count). The molecule has 0 bridgehead atoms. The summed E-state index contributed by atoms with van der Waals surface area (Å²) in [5.74, 6) is 0.694. The second-order valence-electron chi connectivity index (χ2n) is 7.32. The number of amides is 1. The number of fused-ring (bicyclic) bond motifs is 1. The molecule has 2 saturated heterocycles. The van der Waals surface area contributed by atoms with Crippen LogP contribution in [-0.4, -0.2) is 52.4 Å². The van der Waals surface area contributed by atoms with Crippen molar-refractivity contribution in [2.45, 2.75) is 44.4 Å². The summed E-state index contributed by atoms with van der Waals surface area (Å²) in [6.45, 7) is 3.39. The fraction of sp³-hybridized carbons (Fsp3) is 0.765. The minimum Gasteiger partial charge on any atom is -0.377 e. The lowest BCUT2D eigenvalue weighted by Gasteiger charge is -2.40. The molecule has 1 aromatic rings. The molecule has 2 aliphatic heterocycles. The van der Waals surface area contributed by atoms with Crippen LogP contribution in [0.1, 0.15) is 31.2 Å². The molecule has 6 nitrogen and oxygen atoms in total. The SMILES string of the molecule is Cn1cc(CN2C[C@H]3OCC[C@H]3[C@H](C(=O)NC3CCC3)C2)cn1. The Bertz CT molecular complexity index is 569. The van der Waals surface area contributed by atoms with E-state index in [2.05, 4.69) is 15.3 Å². The zero-order chi connectivity index (χ0) is 15.8. The van der Waals surface area contributed by atoms with Crippen molar-refractivity contribution < 1.29 is 9.53 Å². The van der Waals surface area contributed by atoms with Gasteiger partial charge in [0, 0.05) is 57.0 Å². The van der Waals surface area contributed by atoms with Crippen LogP contribution in [0.25, 0.3) is 0 Å². The first kappa shape index (κ1) is 15.1. The van der Waals surface area contributed by atoms with Crippen LogP contribution in [0.5, 0.6) is 0 Å². The van der Waals surface area contributed by atoms with Crippen LogP contribution in [0, 0.1) is 11.8 Å². The maximum Gasteiger partial charge on any atom is 0.225 e. The van der Waals surface area contributed by atoms with Gasteiger partial charge in [-0.05, 0) is 25.7 Å². The van der Waals surface area contributed by atoms with Crippen molar-refractivity contribution in [3.8, 4) is 0 Å². The molecule has 0 spiro atoms. The van der Waals surface area contributed by atoms with Gasteiger partial charge in [0.1, 0.15) is 0 Å². The summed E-state index contributed by atoms with van der Waals surface area (Å²) in [7, 11) is 1.94. The van der Waals surface area contributed by atoms with Gasteiger partial charge < -0.3 is 10.1 Å². The molecule has 6 heteroatoms. The van der Waals surface area contributed by atoms with Crippen molar-refractivity contribution >= 4 is 5.91 Å². The summed E-state index contributed by atoms with van der Waals surface area (Å²) < 4.78 is 7.74. The summed E-state index contributed by atoms with van der Waals surface area (Å²) in [5.41, 5.74) is 1.20. The monoisotopic (exact) mass is 318 g/mol. The number of ether oxygens (including phenoxy) is 1. The second-order valence-corrected chi connectivity index (χ2v) is 7.32. The molecule has 1 aromatic heterocycles. The van der Waals surface area contributed by atoms with Gasteiger partial charge in [0.15, 0.2) is 0 Å². The summed E-state index contributed by atoms with van der Waals surface area (Å²) in [4.78, 5) is 15.1. The van der Waals surface area contributed by atoms with Crippen LogP contribution >= 0.6 is 0 Å². The molecule has 3 fully saturated rings. The van der Waals surface area contributed by atoms with Crippen molar-refractivity contribution in [2.24, 2.45) is 18.9 Å².